The van der Waals surface area contributed by atoms with Gasteiger partial charge in [0, 0.05) is 13.0 Å². The zero-order chi connectivity index (χ0) is 18.9. The van der Waals surface area contributed by atoms with Crippen LogP contribution in [0.25, 0.3) is 0 Å². The van der Waals surface area contributed by atoms with Crippen LogP contribution in [-0.4, -0.2) is 40.9 Å². The van der Waals surface area contributed by atoms with Crippen LogP contribution < -0.4 is 34.7 Å². The minimum atomic E-state index is -1.36. The Balaban J connectivity index is 0. The molecule has 0 heterocycles. The second-order valence-electron chi connectivity index (χ2n) is 6.62. The number of aliphatic carboxylic acids is 2. The number of unbranched alkanes of at least 4 members (excludes halogenated alkanes) is 10. The summed E-state index contributed by atoms with van der Waals surface area (Å²) in [5.74, 6) is -2.72. The van der Waals surface area contributed by atoms with Gasteiger partial charge >= 0.3 is 35.5 Å². The third kappa shape index (κ3) is 18.2. The number of amides is 1. The van der Waals surface area contributed by atoms with Crippen LogP contribution in [0.2, 0.25) is 0 Å². The van der Waals surface area contributed by atoms with E-state index in [9.17, 15) is 19.5 Å². The summed E-state index contributed by atoms with van der Waals surface area (Å²) in [6.45, 7) is 1.60. The van der Waals surface area contributed by atoms with Crippen molar-refractivity contribution in [3.05, 3.63) is 0 Å². The van der Waals surface area contributed by atoms with E-state index >= 15 is 0 Å². The van der Waals surface area contributed by atoms with Crippen LogP contribution in [0.5, 0.6) is 0 Å². The Labute approximate surface area is 180 Å². The summed E-state index contributed by atoms with van der Waals surface area (Å²) in [6.07, 6.45) is 13.0. The molecule has 0 spiro atoms. The summed E-state index contributed by atoms with van der Waals surface area (Å²) in [7, 11) is 0. The van der Waals surface area contributed by atoms with Crippen molar-refractivity contribution in [3.63, 3.8) is 0 Å². The van der Waals surface area contributed by atoms with Gasteiger partial charge in [0.1, 0.15) is 0 Å². The van der Waals surface area contributed by atoms with E-state index in [2.05, 4.69) is 6.92 Å². The largest absolute Gasteiger partial charge is 1.00 e. The molecule has 0 fully saturated rings. The normalized spacial score (nSPS) is 10.2. The molecule has 0 saturated heterocycles. The average molecular weight is 379 g/mol. The summed E-state index contributed by atoms with van der Waals surface area (Å²) in [6, 6.07) is 0. The van der Waals surface area contributed by atoms with Crippen molar-refractivity contribution in [2.45, 2.75) is 90.4 Å². The molecule has 1 N–H and O–H groups in total. The van der Waals surface area contributed by atoms with E-state index in [0.29, 0.717) is 6.42 Å². The number of hydrogen-bond donors (Lipinski definition) is 1. The number of hydrogen-bond acceptors (Lipinski definition) is 4. The maximum Gasteiger partial charge on any atom is 1.00 e. The monoisotopic (exact) mass is 379 g/mol. The van der Waals surface area contributed by atoms with Gasteiger partial charge in [-0.05, 0) is 6.42 Å². The standard InChI is InChI=1S/C19H35NO5.Na/c1-2-3-4-5-6-7-8-9-10-11-12-13-17(21)20(16-19(24)25)15-14-18(22)23;/h2-16H2,1H3,(H,22,23)(H,24,25);/q;+1/p-1. The predicted molar refractivity (Wildman–Crippen MR) is 94.9 cm³/mol. The van der Waals surface area contributed by atoms with Crippen LogP contribution in [-0.2, 0) is 14.4 Å². The Kier molecular flexibility index (Phi) is 20.4. The van der Waals surface area contributed by atoms with Gasteiger partial charge in [-0.3, -0.25) is 9.59 Å². The number of rotatable bonds is 17. The summed E-state index contributed by atoms with van der Waals surface area (Å²) < 4.78 is 0. The van der Waals surface area contributed by atoms with Crippen LogP contribution in [0.1, 0.15) is 90.4 Å². The van der Waals surface area contributed by atoms with Gasteiger partial charge in [-0.2, -0.15) is 0 Å². The first kappa shape index (κ1) is 27.6. The first-order chi connectivity index (χ1) is 12.0. The first-order valence-electron chi connectivity index (χ1n) is 9.66. The van der Waals surface area contributed by atoms with Crippen molar-refractivity contribution in [1.82, 2.24) is 4.90 Å². The molecule has 6 nitrogen and oxygen atoms in total. The second-order valence-corrected chi connectivity index (χ2v) is 6.62. The first-order valence-corrected chi connectivity index (χ1v) is 9.66. The summed E-state index contributed by atoms with van der Waals surface area (Å²) in [4.78, 5) is 34.3. The fraction of sp³-hybridized carbons (Fsp3) is 0.842. The molecule has 0 aromatic carbocycles. The van der Waals surface area contributed by atoms with E-state index in [1.54, 1.807) is 0 Å². The van der Waals surface area contributed by atoms with Crippen LogP contribution >= 0.6 is 0 Å². The molecule has 0 aliphatic rings. The smallest absolute Gasteiger partial charge is 0.548 e. The molecule has 26 heavy (non-hydrogen) atoms. The van der Waals surface area contributed by atoms with Crippen molar-refractivity contribution in [2.75, 3.05) is 13.1 Å². The predicted octanol–water partition coefficient (Wildman–Crippen LogP) is -0.255. The molecule has 146 valence electrons. The van der Waals surface area contributed by atoms with Crippen LogP contribution in [0.4, 0.5) is 0 Å². The van der Waals surface area contributed by atoms with Crippen molar-refractivity contribution >= 4 is 17.8 Å². The molecule has 0 aliphatic carbocycles. The minimum absolute atomic E-state index is 0. The molecular formula is C19H34NNaO5. The molecule has 0 aromatic rings. The molecular weight excluding hydrogens is 345 g/mol. The van der Waals surface area contributed by atoms with Gasteiger partial charge in [0.15, 0.2) is 0 Å². The van der Waals surface area contributed by atoms with Crippen molar-refractivity contribution in [3.8, 4) is 0 Å². The number of carbonyl (C=O) groups excluding carboxylic acids is 2. The number of carboxylic acid groups (broad SMARTS) is 2. The topological polar surface area (TPSA) is 97.7 Å². The summed E-state index contributed by atoms with van der Waals surface area (Å²) in [5, 5.41) is 19.3. The van der Waals surface area contributed by atoms with Crippen molar-refractivity contribution < 1.29 is 54.2 Å². The zero-order valence-corrected chi connectivity index (χ0v) is 18.6. The molecule has 0 bridgehead atoms. The number of carbonyl (C=O) groups is 3. The van der Waals surface area contributed by atoms with Gasteiger partial charge in [-0.15, -0.1) is 0 Å². The van der Waals surface area contributed by atoms with Gasteiger partial charge in [-0.25, -0.2) is 0 Å². The fourth-order valence-corrected chi connectivity index (χ4v) is 2.78. The Morgan fingerprint density at radius 3 is 1.69 bits per heavy atom. The van der Waals surface area contributed by atoms with E-state index in [-0.39, 0.29) is 54.9 Å². The van der Waals surface area contributed by atoms with E-state index in [1.807, 2.05) is 0 Å². The summed E-state index contributed by atoms with van der Waals surface area (Å²) in [5.41, 5.74) is 0. The van der Waals surface area contributed by atoms with Crippen LogP contribution in [0.15, 0.2) is 0 Å². The molecule has 0 aromatic heterocycles. The van der Waals surface area contributed by atoms with E-state index in [4.69, 9.17) is 5.11 Å². The summed E-state index contributed by atoms with van der Waals surface area (Å²) >= 11 is 0. The van der Waals surface area contributed by atoms with Gasteiger partial charge in [0.25, 0.3) is 0 Å². The Morgan fingerprint density at radius 1 is 0.808 bits per heavy atom. The maximum atomic E-state index is 12.0. The minimum Gasteiger partial charge on any atom is -0.548 e. The molecule has 0 rings (SSSR count). The Hall–Kier alpha value is -0.590. The second kappa shape index (κ2) is 19.2. The number of nitrogens with zero attached hydrogens (tertiary/aromatic N) is 1. The molecule has 0 radical (unpaired) electrons. The Bertz CT molecular complexity index is 390. The molecule has 0 atom stereocenters. The van der Waals surface area contributed by atoms with Crippen LogP contribution in [0.3, 0.4) is 0 Å². The van der Waals surface area contributed by atoms with Crippen molar-refractivity contribution in [1.29, 1.82) is 0 Å². The quantitative estimate of drug-likeness (QED) is 0.277. The SMILES string of the molecule is CCCCCCCCCCCCCC(=O)N(CCC(=O)O)CC(=O)[O-].[Na+]. The van der Waals surface area contributed by atoms with Gasteiger partial charge in [0.05, 0.1) is 18.9 Å². The Morgan fingerprint density at radius 2 is 1.27 bits per heavy atom. The molecule has 0 unspecified atom stereocenters. The zero-order valence-electron chi connectivity index (χ0n) is 16.6. The van der Waals surface area contributed by atoms with E-state index < -0.39 is 18.5 Å². The van der Waals surface area contributed by atoms with E-state index in [1.165, 1.54) is 51.4 Å². The van der Waals surface area contributed by atoms with Gasteiger partial charge < -0.3 is 19.9 Å². The van der Waals surface area contributed by atoms with Crippen LogP contribution in [0, 0.1) is 0 Å². The molecule has 0 aliphatic heterocycles. The van der Waals surface area contributed by atoms with E-state index in [0.717, 1.165) is 17.7 Å². The van der Waals surface area contributed by atoms with Gasteiger partial charge in [-0.1, -0.05) is 71.1 Å². The maximum absolute atomic E-state index is 12.0. The average Bonchev–Trinajstić information content (AvgIpc) is 2.55. The third-order valence-corrected chi connectivity index (χ3v) is 4.26. The third-order valence-electron chi connectivity index (χ3n) is 4.26. The molecule has 0 saturated carbocycles. The molecule has 1 amide bonds. The number of carboxylic acids is 2. The fourth-order valence-electron chi connectivity index (χ4n) is 2.78. The van der Waals surface area contributed by atoms with Gasteiger partial charge in [0.2, 0.25) is 5.91 Å². The van der Waals surface area contributed by atoms with Crippen molar-refractivity contribution in [2.24, 2.45) is 0 Å². The molecule has 7 heteroatoms.